The molecule has 2 heterocycles. The Kier molecular flexibility index (Phi) is 6.20. The van der Waals surface area contributed by atoms with Crippen LogP contribution < -0.4 is 10.2 Å². The molecule has 0 aliphatic carbocycles. The first-order valence-electron chi connectivity index (χ1n) is 8.88. The summed E-state index contributed by atoms with van der Waals surface area (Å²) in [6, 6.07) is 15.2. The number of aromatic nitrogens is 2. The van der Waals surface area contributed by atoms with Gasteiger partial charge < -0.3 is 10.2 Å². The second-order valence-electron chi connectivity index (χ2n) is 6.71. The fourth-order valence-electron chi connectivity index (χ4n) is 3.21. The Morgan fingerprint density at radius 3 is 2.39 bits per heavy atom. The first-order valence-corrected chi connectivity index (χ1v) is 9.26. The zero-order valence-electron chi connectivity index (χ0n) is 15.0. The lowest BCUT2D eigenvalue weighted by molar-refractivity contribution is -0.0221. The number of nitrogens with one attached hydrogen (secondary N) is 1. The SMILES string of the molecule is Cl.FC1(F)CCN(c2nc(NCc3ccc(Cl)cc3)nc3ccccc23)CC1. The van der Waals surface area contributed by atoms with Crippen molar-refractivity contribution in [2.75, 3.05) is 23.3 Å². The fourth-order valence-corrected chi connectivity index (χ4v) is 3.33. The van der Waals surface area contributed by atoms with E-state index in [0.29, 0.717) is 23.3 Å². The molecule has 28 heavy (non-hydrogen) atoms. The number of nitrogens with zero attached hydrogens (tertiary/aromatic N) is 3. The van der Waals surface area contributed by atoms with Crippen molar-refractivity contribution in [3.63, 3.8) is 0 Å². The van der Waals surface area contributed by atoms with Crippen molar-refractivity contribution in [2.45, 2.75) is 25.3 Å². The van der Waals surface area contributed by atoms with Gasteiger partial charge in [0, 0.05) is 42.9 Å². The molecule has 1 saturated heterocycles. The van der Waals surface area contributed by atoms with E-state index in [1.807, 2.05) is 53.4 Å². The first-order chi connectivity index (χ1) is 13.0. The molecule has 4 nitrogen and oxygen atoms in total. The highest BCUT2D eigenvalue weighted by molar-refractivity contribution is 6.30. The minimum absolute atomic E-state index is 0. The van der Waals surface area contributed by atoms with Gasteiger partial charge in [-0.05, 0) is 29.8 Å². The number of hydrogen-bond donors (Lipinski definition) is 1. The van der Waals surface area contributed by atoms with Crippen molar-refractivity contribution in [1.29, 1.82) is 0 Å². The third-order valence-electron chi connectivity index (χ3n) is 4.74. The summed E-state index contributed by atoms with van der Waals surface area (Å²) in [6.45, 7) is 1.11. The summed E-state index contributed by atoms with van der Waals surface area (Å²) in [5, 5.41) is 4.79. The average Bonchev–Trinajstić information content (AvgIpc) is 2.67. The lowest BCUT2D eigenvalue weighted by atomic mass is 10.1. The standard InChI is InChI=1S/C20H19ClF2N4.ClH/c21-15-7-5-14(6-8-15)13-24-19-25-17-4-2-1-3-16(17)18(26-19)27-11-9-20(22,23)10-12-27;/h1-8H,9-13H2,(H,24,25,26);1H. The van der Waals surface area contributed by atoms with Crippen molar-refractivity contribution in [1.82, 2.24) is 9.97 Å². The number of alkyl halides is 2. The molecule has 0 atom stereocenters. The van der Waals surface area contributed by atoms with Crippen LogP contribution in [0.2, 0.25) is 5.02 Å². The molecule has 0 bridgehead atoms. The van der Waals surface area contributed by atoms with Gasteiger partial charge in [0.25, 0.3) is 5.92 Å². The highest BCUT2D eigenvalue weighted by Gasteiger charge is 2.35. The molecule has 1 aliphatic heterocycles. The quantitative estimate of drug-likeness (QED) is 0.595. The molecule has 8 heteroatoms. The van der Waals surface area contributed by atoms with Crippen molar-refractivity contribution < 1.29 is 8.78 Å². The van der Waals surface area contributed by atoms with Gasteiger partial charge in [0.05, 0.1) is 5.52 Å². The molecule has 1 fully saturated rings. The van der Waals surface area contributed by atoms with E-state index in [4.69, 9.17) is 11.6 Å². The third kappa shape index (κ3) is 4.62. The predicted octanol–water partition coefficient (Wildman–Crippen LogP) is 5.55. The van der Waals surface area contributed by atoms with E-state index in [0.717, 1.165) is 16.5 Å². The van der Waals surface area contributed by atoms with Crippen molar-refractivity contribution in [2.24, 2.45) is 0 Å². The third-order valence-corrected chi connectivity index (χ3v) is 4.99. The van der Waals surface area contributed by atoms with Gasteiger partial charge in [0.1, 0.15) is 5.82 Å². The van der Waals surface area contributed by atoms with Crippen LogP contribution in [0.3, 0.4) is 0 Å². The number of hydrogen-bond acceptors (Lipinski definition) is 4. The van der Waals surface area contributed by atoms with Crippen LogP contribution in [0.1, 0.15) is 18.4 Å². The number of anilines is 2. The van der Waals surface area contributed by atoms with E-state index in [1.54, 1.807) is 0 Å². The molecule has 0 unspecified atom stereocenters. The number of fused-ring (bicyclic) bond motifs is 1. The van der Waals surface area contributed by atoms with Crippen molar-refractivity contribution in [3.8, 4) is 0 Å². The van der Waals surface area contributed by atoms with Crippen LogP contribution in [0, 0.1) is 0 Å². The molecule has 1 aliphatic rings. The van der Waals surface area contributed by atoms with Crippen LogP contribution in [-0.4, -0.2) is 29.0 Å². The summed E-state index contributed by atoms with van der Waals surface area (Å²) >= 11 is 5.92. The second-order valence-corrected chi connectivity index (χ2v) is 7.15. The van der Waals surface area contributed by atoms with Gasteiger partial charge in [-0.25, -0.2) is 13.8 Å². The summed E-state index contributed by atoms with van der Waals surface area (Å²) in [4.78, 5) is 11.1. The van der Waals surface area contributed by atoms with Crippen molar-refractivity contribution >= 4 is 46.7 Å². The number of piperidine rings is 1. The zero-order valence-corrected chi connectivity index (χ0v) is 16.6. The molecule has 1 N–H and O–H groups in total. The van der Waals surface area contributed by atoms with Gasteiger partial charge in [-0.1, -0.05) is 35.9 Å². The summed E-state index contributed by atoms with van der Waals surface area (Å²) in [7, 11) is 0. The first kappa shape index (κ1) is 20.6. The molecule has 1 aromatic heterocycles. The van der Waals surface area contributed by atoms with Gasteiger partial charge in [-0.2, -0.15) is 4.98 Å². The van der Waals surface area contributed by atoms with Crippen LogP contribution in [0.25, 0.3) is 10.9 Å². The largest absolute Gasteiger partial charge is 0.355 e. The molecule has 2 aromatic carbocycles. The van der Waals surface area contributed by atoms with Gasteiger partial charge in [0.15, 0.2) is 0 Å². The van der Waals surface area contributed by atoms with E-state index in [9.17, 15) is 8.78 Å². The summed E-state index contributed by atoms with van der Waals surface area (Å²) in [6.07, 6.45) is -0.308. The number of rotatable bonds is 4. The molecule has 0 spiro atoms. The van der Waals surface area contributed by atoms with Crippen LogP contribution in [0.4, 0.5) is 20.5 Å². The Morgan fingerprint density at radius 1 is 1.00 bits per heavy atom. The van der Waals surface area contributed by atoms with Gasteiger partial charge in [-0.15, -0.1) is 12.4 Å². The monoisotopic (exact) mass is 424 g/mol. The van der Waals surface area contributed by atoms with E-state index in [2.05, 4.69) is 15.3 Å². The summed E-state index contributed by atoms with van der Waals surface area (Å²) < 4.78 is 27.1. The highest BCUT2D eigenvalue weighted by atomic mass is 35.5. The van der Waals surface area contributed by atoms with Crippen LogP contribution in [-0.2, 0) is 6.54 Å². The van der Waals surface area contributed by atoms with E-state index in [1.165, 1.54) is 0 Å². The topological polar surface area (TPSA) is 41.1 Å². The Bertz CT molecular complexity index is 941. The number of halogens is 4. The smallest absolute Gasteiger partial charge is 0.251 e. The Hall–Kier alpha value is -2.18. The maximum atomic E-state index is 13.5. The normalized spacial score (nSPS) is 15.9. The molecule has 148 valence electrons. The molecule has 0 radical (unpaired) electrons. The lowest BCUT2D eigenvalue weighted by Gasteiger charge is -2.33. The molecule has 4 rings (SSSR count). The fraction of sp³-hybridized carbons (Fsp3) is 0.300. The minimum Gasteiger partial charge on any atom is -0.355 e. The summed E-state index contributed by atoms with van der Waals surface area (Å²) in [5.74, 6) is -1.40. The van der Waals surface area contributed by atoms with Gasteiger partial charge in [0.2, 0.25) is 5.95 Å². The molecule has 0 amide bonds. The van der Waals surface area contributed by atoms with E-state index in [-0.39, 0.29) is 38.3 Å². The maximum absolute atomic E-state index is 13.5. The maximum Gasteiger partial charge on any atom is 0.251 e. The molecular formula is C20H20Cl2F2N4. The van der Waals surface area contributed by atoms with E-state index >= 15 is 0 Å². The lowest BCUT2D eigenvalue weighted by Crippen LogP contribution is -2.40. The van der Waals surface area contributed by atoms with Crippen molar-refractivity contribution in [3.05, 3.63) is 59.1 Å². The van der Waals surface area contributed by atoms with Crippen LogP contribution in [0.5, 0.6) is 0 Å². The zero-order chi connectivity index (χ0) is 18.9. The van der Waals surface area contributed by atoms with E-state index < -0.39 is 5.92 Å². The van der Waals surface area contributed by atoms with Gasteiger partial charge >= 0.3 is 0 Å². The Morgan fingerprint density at radius 2 is 1.68 bits per heavy atom. The van der Waals surface area contributed by atoms with Crippen LogP contribution in [0.15, 0.2) is 48.5 Å². The second kappa shape index (κ2) is 8.45. The number of para-hydroxylation sites is 1. The predicted molar refractivity (Wildman–Crippen MR) is 112 cm³/mol. The molecule has 3 aromatic rings. The highest BCUT2D eigenvalue weighted by Crippen LogP contribution is 2.33. The van der Waals surface area contributed by atoms with Gasteiger partial charge in [-0.3, -0.25) is 0 Å². The van der Waals surface area contributed by atoms with Crippen LogP contribution >= 0.6 is 24.0 Å². The summed E-state index contributed by atoms with van der Waals surface area (Å²) in [5.41, 5.74) is 1.84. The average molecular weight is 425 g/mol. The molecular weight excluding hydrogens is 405 g/mol. The number of benzene rings is 2. The Labute approximate surface area is 173 Å². The Balaban J connectivity index is 0.00000225. The minimum atomic E-state index is -2.59. The molecule has 0 saturated carbocycles.